The van der Waals surface area contributed by atoms with Crippen LogP contribution in [0.25, 0.3) is 11.2 Å². The fourth-order valence-electron chi connectivity index (χ4n) is 2.98. The summed E-state index contributed by atoms with van der Waals surface area (Å²) >= 11 is 0. The maximum absolute atomic E-state index is 12.3. The van der Waals surface area contributed by atoms with Gasteiger partial charge < -0.3 is 19.9 Å². The van der Waals surface area contributed by atoms with Crippen LogP contribution in [0.5, 0.6) is 5.75 Å². The number of amides is 1. The first-order valence-corrected chi connectivity index (χ1v) is 8.07. The van der Waals surface area contributed by atoms with Crippen LogP contribution in [-0.2, 0) is 11.2 Å². The Morgan fingerprint density at radius 3 is 3.12 bits per heavy atom. The van der Waals surface area contributed by atoms with Gasteiger partial charge in [-0.15, -0.1) is 0 Å². The van der Waals surface area contributed by atoms with E-state index in [0.717, 1.165) is 12.2 Å². The van der Waals surface area contributed by atoms with Crippen molar-refractivity contribution >= 4 is 22.9 Å². The van der Waals surface area contributed by atoms with Gasteiger partial charge in [0.15, 0.2) is 11.5 Å². The summed E-state index contributed by atoms with van der Waals surface area (Å²) in [6.07, 6.45) is 3.79. The average Bonchev–Trinajstić information content (AvgIpc) is 3.25. The number of ether oxygens (including phenoxy) is 1. The molecule has 3 heterocycles. The molecular weight excluding hydrogens is 320 g/mol. The average molecular weight is 338 g/mol. The Morgan fingerprint density at radius 2 is 2.24 bits per heavy atom. The van der Waals surface area contributed by atoms with Crippen molar-refractivity contribution in [3.63, 3.8) is 0 Å². The molecule has 1 amide bonds. The Labute approximate surface area is 144 Å². The van der Waals surface area contributed by atoms with Crippen molar-refractivity contribution in [3.05, 3.63) is 42.5 Å². The number of benzene rings is 1. The normalized spacial score (nSPS) is 15.6. The van der Waals surface area contributed by atoms with E-state index in [1.54, 1.807) is 11.2 Å². The second kappa shape index (κ2) is 6.39. The minimum absolute atomic E-state index is 0.0231. The molecule has 1 aliphatic heterocycles. The van der Waals surface area contributed by atoms with E-state index in [2.05, 4.69) is 31.3 Å². The minimum atomic E-state index is -0.0895. The first-order valence-electron chi connectivity index (χ1n) is 8.07. The van der Waals surface area contributed by atoms with Crippen molar-refractivity contribution in [1.29, 1.82) is 0 Å². The van der Waals surface area contributed by atoms with Crippen LogP contribution < -0.4 is 15.0 Å². The Bertz CT molecular complexity index is 884. The molecule has 0 spiro atoms. The predicted octanol–water partition coefficient (Wildman–Crippen LogP) is 0.909. The molecule has 0 fully saturated rings. The number of hydrogen-bond donors (Lipinski definition) is 2. The molecule has 0 saturated carbocycles. The van der Waals surface area contributed by atoms with Crippen LogP contribution in [0.1, 0.15) is 5.56 Å². The highest BCUT2D eigenvalue weighted by Gasteiger charge is 2.23. The number of aromatic amines is 1. The number of carbonyl (C=O) groups is 1. The van der Waals surface area contributed by atoms with E-state index in [4.69, 9.17) is 4.74 Å². The van der Waals surface area contributed by atoms with Gasteiger partial charge in [-0.3, -0.25) is 4.79 Å². The molecule has 0 radical (unpaired) electrons. The van der Waals surface area contributed by atoms with Crippen LogP contribution in [0.4, 0.5) is 5.82 Å². The van der Waals surface area contributed by atoms with Crippen LogP contribution in [0, 0.1) is 0 Å². The topological polar surface area (TPSA) is 96.0 Å². The number of nitrogens with one attached hydrogen (secondary N) is 2. The molecule has 2 aromatic heterocycles. The predicted molar refractivity (Wildman–Crippen MR) is 92.5 cm³/mol. The van der Waals surface area contributed by atoms with Crippen LogP contribution in [0.15, 0.2) is 36.9 Å². The number of aromatic nitrogens is 4. The Balaban J connectivity index is 1.33. The molecule has 128 valence electrons. The van der Waals surface area contributed by atoms with Crippen LogP contribution in [0.3, 0.4) is 0 Å². The van der Waals surface area contributed by atoms with Gasteiger partial charge in [-0.2, -0.15) is 0 Å². The number of likely N-dealkylation sites (N-methyl/N-ethyl adjacent to an activating group) is 1. The molecule has 1 aliphatic rings. The zero-order valence-electron chi connectivity index (χ0n) is 13.8. The van der Waals surface area contributed by atoms with Gasteiger partial charge >= 0.3 is 0 Å². The summed E-state index contributed by atoms with van der Waals surface area (Å²) in [5.74, 6) is 1.46. The number of anilines is 1. The molecule has 0 saturated heterocycles. The lowest BCUT2D eigenvalue weighted by molar-refractivity contribution is -0.120. The second-order valence-corrected chi connectivity index (χ2v) is 6.01. The number of nitrogens with zero attached hydrogens (tertiary/aromatic N) is 4. The Morgan fingerprint density at radius 1 is 1.36 bits per heavy atom. The summed E-state index contributed by atoms with van der Waals surface area (Å²) < 4.78 is 5.83. The summed E-state index contributed by atoms with van der Waals surface area (Å²) in [5.41, 5.74) is 2.48. The van der Waals surface area contributed by atoms with Crippen molar-refractivity contribution < 1.29 is 9.53 Å². The largest absolute Gasteiger partial charge is 0.488 e. The fraction of sp³-hybridized carbons (Fsp3) is 0.294. The maximum atomic E-state index is 12.3. The molecule has 4 rings (SSSR count). The first-order chi connectivity index (χ1) is 12.2. The highest BCUT2D eigenvalue weighted by atomic mass is 16.5. The van der Waals surface area contributed by atoms with E-state index in [1.165, 1.54) is 11.9 Å². The quantitative estimate of drug-likeness (QED) is 0.718. The van der Waals surface area contributed by atoms with Gasteiger partial charge in [0, 0.05) is 13.5 Å². The van der Waals surface area contributed by atoms with Gasteiger partial charge in [-0.05, 0) is 11.6 Å². The van der Waals surface area contributed by atoms with Crippen molar-refractivity contribution in [2.75, 3.05) is 25.0 Å². The molecule has 1 aromatic carbocycles. The third kappa shape index (κ3) is 3.10. The first kappa shape index (κ1) is 15.4. The van der Waals surface area contributed by atoms with Crippen molar-refractivity contribution in [2.24, 2.45) is 0 Å². The fourth-order valence-corrected chi connectivity index (χ4v) is 2.98. The third-order valence-electron chi connectivity index (χ3n) is 4.19. The van der Waals surface area contributed by atoms with Gasteiger partial charge in [0.05, 0.1) is 19.4 Å². The summed E-state index contributed by atoms with van der Waals surface area (Å²) in [6.45, 7) is 0.662. The molecule has 0 bridgehead atoms. The van der Waals surface area contributed by atoms with E-state index in [-0.39, 0.29) is 18.6 Å². The zero-order chi connectivity index (χ0) is 17.2. The summed E-state index contributed by atoms with van der Waals surface area (Å²) in [7, 11) is 1.81. The third-order valence-corrected chi connectivity index (χ3v) is 4.19. The molecule has 1 unspecified atom stereocenters. The number of H-pyrrole nitrogens is 1. The molecule has 8 nitrogen and oxygen atoms in total. The minimum Gasteiger partial charge on any atom is -0.488 e. The number of carbonyl (C=O) groups excluding carboxylic acids is 1. The van der Waals surface area contributed by atoms with E-state index < -0.39 is 0 Å². The zero-order valence-corrected chi connectivity index (χ0v) is 13.8. The van der Waals surface area contributed by atoms with Gasteiger partial charge in [0.1, 0.15) is 23.7 Å². The van der Waals surface area contributed by atoms with Gasteiger partial charge in [0.25, 0.3) is 0 Å². The highest BCUT2D eigenvalue weighted by Crippen LogP contribution is 2.27. The molecule has 1 atom stereocenters. The number of rotatable bonds is 5. The van der Waals surface area contributed by atoms with Crippen molar-refractivity contribution in [3.8, 4) is 5.75 Å². The Hall–Kier alpha value is -3.16. The van der Waals surface area contributed by atoms with E-state index in [1.807, 2.05) is 25.2 Å². The van der Waals surface area contributed by atoms with Gasteiger partial charge in [-0.1, -0.05) is 18.2 Å². The molecule has 25 heavy (non-hydrogen) atoms. The maximum Gasteiger partial charge on any atom is 0.239 e. The molecule has 3 aromatic rings. The number of imidazole rings is 1. The van der Waals surface area contributed by atoms with E-state index in [0.29, 0.717) is 23.5 Å². The second-order valence-electron chi connectivity index (χ2n) is 6.01. The smallest absolute Gasteiger partial charge is 0.239 e. The van der Waals surface area contributed by atoms with Crippen molar-refractivity contribution in [1.82, 2.24) is 25.3 Å². The molecular formula is C17H18N6O2. The summed E-state index contributed by atoms with van der Waals surface area (Å²) in [4.78, 5) is 29.4. The van der Waals surface area contributed by atoms with Crippen molar-refractivity contribution in [2.45, 2.75) is 12.5 Å². The number of para-hydroxylation sites is 1. The highest BCUT2D eigenvalue weighted by molar-refractivity contribution is 5.86. The molecule has 0 aliphatic carbocycles. The number of hydrogen-bond acceptors (Lipinski definition) is 6. The molecule has 8 heteroatoms. The van der Waals surface area contributed by atoms with Gasteiger partial charge in [0.2, 0.25) is 5.91 Å². The van der Waals surface area contributed by atoms with Gasteiger partial charge in [-0.25, -0.2) is 15.0 Å². The standard InChI is InChI=1S/C17H18N6O2/c1-23(17-15-16(20-9-19-15)21-10-22-17)8-14(24)18-7-12-6-11-4-2-3-5-13(11)25-12/h2-5,9-10,12H,6-8H2,1H3,(H,18,24)(H,19,20,21,22). The Kier molecular flexibility index (Phi) is 3.93. The lowest BCUT2D eigenvalue weighted by Crippen LogP contribution is -2.40. The van der Waals surface area contributed by atoms with Crippen LogP contribution >= 0.6 is 0 Å². The lowest BCUT2D eigenvalue weighted by Gasteiger charge is -2.18. The summed E-state index contributed by atoms with van der Waals surface area (Å²) in [6, 6.07) is 7.95. The van der Waals surface area contributed by atoms with E-state index >= 15 is 0 Å². The van der Waals surface area contributed by atoms with Crippen LogP contribution in [0.2, 0.25) is 0 Å². The lowest BCUT2D eigenvalue weighted by atomic mass is 10.1. The number of fused-ring (bicyclic) bond motifs is 2. The van der Waals surface area contributed by atoms with Crippen LogP contribution in [-0.4, -0.2) is 52.1 Å². The summed E-state index contributed by atoms with van der Waals surface area (Å²) in [5, 5.41) is 2.93. The monoisotopic (exact) mass is 338 g/mol. The van der Waals surface area contributed by atoms with E-state index in [9.17, 15) is 4.79 Å². The molecule has 2 N–H and O–H groups in total. The SMILES string of the molecule is CN(CC(=O)NCC1Cc2ccccc2O1)c1ncnc2nc[nH]c12.